The van der Waals surface area contributed by atoms with Crippen molar-refractivity contribution in [1.82, 2.24) is 9.71 Å². The topological polar surface area (TPSA) is 71.1 Å². The Kier molecular flexibility index (Phi) is 5.46. The van der Waals surface area contributed by atoms with Crippen LogP contribution in [0.2, 0.25) is 5.02 Å². The maximum Gasteiger partial charge on any atom is 0.242 e. The number of pyridine rings is 1. The first-order valence-electron chi connectivity index (χ1n) is 7.34. The van der Waals surface area contributed by atoms with E-state index < -0.39 is 10.0 Å². The summed E-state index contributed by atoms with van der Waals surface area (Å²) >= 11 is 6.08. The Labute approximate surface area is 131 Å². The number of nitrogens with zero attached hydrogens (tertiary/aromatic N) is 1. The van der Waals surface area contributed by atoms with Gasteiger partial charge in [0, 0.05) is 18.8 Å². The van der Waals surface area contributed by atoms with Crippen LogP contribution in [-0.2, 0) is 10.0 Å². The van der Waals surface area contributed by atoms with E-state index in [0.29, 0.717) is 16.8 Å². The molecular formula is C14H22ClN3O2S. The summed E-state index contributed by atoms with van der Waals surface area (Å²) in [7, 11) is -3.56. The fourth-order valence-corrected chi connectivity index (χ4v) is 3.70. The highest BCUT2D eigenvalue weighted by Gasteiger charge is 2.26. The van der Waals surface area contributed by atoms with Gasteiger partial charge in [0.2, 0.25) is 10.0 Å². The molecule has 1 heterocycles. The van der Waals surface area contributed by atoms with Gasteiger partial charge in [0.15, 0.2) is 0 Å². The van der Waals surface area contributed by atoms with Crippen LogP contribution in [0, 0.1) is 5.92 Å². The third kappa shape index (κ3) is 4.83. The first kappa shape index (κ1) is 16.5. The van der Waals surface area contributed by atoms with E-state index in [1.807, 2.05) is 13.8 Å². The average Bonchev–Trinajstić information content (AvgIpc) is 3.20. The molecule has 5 nitrogen and oxygen atoms in total. The van der Waals surface area contributed by atoms with Gasteiger partial charge in [0.1, 0.15) is 10.7 Å². The summed E-state index contributed by atoms with van der Waals surface area (Å²) in [4.78, 5) is 4.21. The lowest BCUT2D eigenvalue weighted by molar-refractivity contribution is 0.529. The van der Waals surface area contributed by atoms with Crippen LogP contribution in [0.4, 0.5) is 5.82 Å². The molecular weight excluding hydrogens is 310 g/mol. The zero-order valence-electron chi connectivity index (χ0n) is 12.4. The molecule has 0 aliphatic heterocycles. The first-order valence-corrected chi connectivity index (χ1v) is 9.20. The van der Waals surface area contributed by atoms with Gasteiger partial charge >= 0.3 is 0 Å². The van der Waals surface area contributed by atoms with Gasteiger partial charge < -0.3 is 5.32 Å². The summed E-state index contributed by atoms with van der Waals surface area (Å²) in [6, 6.07) is 1.37. The van der Waals surface area contributed by atoms with E-state index in [4.69, 9.17) is 11.6 Å². The van der Waals surface area contributed by atoms with Crippen molar-refractivity contribution in [3.05, 3.63) is 17.3 Å². The van der Waals surface area contributed by atoms with Crippen LogP contribution in [-0.4, -0.2) is 26.0 Å². The fraction of sp³-hybridized carbons (Fsp3) is 0.643. The van der Waals surface area contributed by atoms with Crippen molar-refractivity contribution in [1.29, 1.82) is 0 Å². The Hall–Kier alpha value is -0.850. The van der Waals surface area contributed by atoms with Crippen molar-refractivity contribution in [3.8, 4) is 0 Å². The lowest BCUT2D eigenvalue weighted by Gasteiger charge is -2.14. The number of aromatic nitrogens is 1. The molecule has 1 aromatic rings. The van der Waals surface area contributed by atoms with Crippen LogP contribution < -0.4 is 10.0 Å². The van der Waals surface area contributed by atoms with Crippen LogP contribution >= 0.6 is 11.6 Å². The molecule has 1 fully saturated rings. The molecule has 1 saturated carbocycles. The number of hydrogen-bond donors (Lipinski definition) is 2. The van der Waals surface area contributed by atoms with Crippen LogP contribution in [0.25, 0.3) is 0 Å². The van der Waals surface area contributed by atoms with Crippen molar-refractivity contribution in [2.45, 2.75) is 50.5 Å². The Morgan fingerprint density at radius 1 is 1.48 bits per heavy atom. The molecule has 1 atom stereocenters. The second-order valence-corrected chi connectivity index (χ2v) is 7.75. The second kappa shape index (κ2) is 6.94. The van der Waals surface area contributed by atoms with Gasteiger partial charge in [-0.15, -0.1) is 0 Å². The molecule has 118 valence electrons. The Morgan fingerprint density at radius 2 is 2.19 bits per heavy atom. The van der Waals surface area contributed by atoms with Crippen LogP contribution in [0.1, 0.15) is 39.5 Å². The smallest absolute Gasteiger partial charge is 0.242 e. The highest BCUT2D eigenvalue weighted by Crippen LogP contribution is 2.33. The molecule has 1 aromatic heterocycles. The number of anilines is 1. The molecule has 0 spiro atoms. The van der Waals surface area contributed by atoms with E-state index in [1.165, 1.54) is 25.1 Å². The number of rotatable bonds is 8. The summed E-state index contributed by atoms with van der Waals surface area (Å²) in [5, 5.41) is 3.38. The van der Waals surface area contributed by atoms with Gasteiger partial charge in [-0.05, 0) is 31.7 Å². The molecule has 0 radical (unpaired) electrons. The van der Waals surface area contributed by atoms with Gasteiger partial charge in [0.05, 0.1) is 5.02 Å². The standard InChI is InChI=1S/C14H22ClN3O2S/c1-3-6-16-14-13(15)8-12(9-17-14)21(19,20)18-10(2)7-11-4-5-11/h8-11,18H,3-7H2,1-2H3,(H,16,17). The minimum absolute atomic E-state index is 0.0702. The molecule has 0 saturated heterocycles. The van der Waals surface area contributed by atoms with Crippen molar-refractivity contribution in [2.75, 3.05) is 11.9 Å². The number of halogens is 1. The molecule has 0 bridgehead atoms. The number of hydrogen-bond acceptors (Lipinski definition) is 4. The third-order valence-electron chi connectivity index (χ3n) is 3.41. The minimum Gasteiger partial charge on any atom is -0.369 e. The molecule has 21 heavy (non-hydrogen) atoms. The monoisotopic (exact) mass is 331 g/mol. The van der Waals surface area contributed by atoms with Crippen LogP contribution in [0.5, 0.6) is 0 Å². The molecule has 1 aliphatic carbocycles. The van der Waals surface area contributed by atoms with E-state index in [0.717, 1.165) is 19.4 Å². The zero-order chi connectivity index (χ0) is 15.5. The van der Waals surface area contributed by atoms with Gasteiger partial charge in [0.25, 0.3) is 0 Å². The molecule has 1 unspecified atom stereocenters. The summed E-state index contributed by atoms with van der Waals surface area (Å²) in [5.41, 5.74) is 0. The lowest BCUT2D eigenvalue weighted by Crippen LogP contribution is -2.33. The minimum atomic E-state index is -3.56. The molecule has 2 N–H and O–H groups in total. The quantitative estimate of drug-likeness (QED) is 0.768. The molecule has 1 aliphatic rings. The maximum absolute atomic E-state index is 12.3. The summed E-state index contributed by atoms with van der Waals surface area (Å²) in [6.45, 7) is 4.67. The van der Waals surface area contributed by atoms with Crippen molar-refractivity contribution in [2.24, 2.45) is 5.92 Å². The van der Waals surface area contributed by atoms with E-state index in [9.17, 15) is 8.42 Å². The molecule has 7 heteroatoms. The highest BCUT2D eigenvalue weighted by atomic mass is 35.5. The van der Waals surface area contributed by atoms with Crippen molar-refractivity contribution >= 4 is 27.4 Å². The van der Waals surface area contributed by atoms with E-state index in [-0.39, 0.29) is 10.9 Å². The Balaban J connectivity index is 2.06. The summed E-state index contributed by atoms with van der Waals surface area (Å²) in [6.07, 6.45) is 5.58. The van der Waals surface area contributed by atoms with Crippen molar-refractivity contribution in [3.63, 3.8) is 0 Å². The Bertz CT molecular complexity index is 588. The first-order chi connectivity index (χ1) is 9.92. The average molecular weight is 332 g/mol. The van der Waals surface area contributed by atoms with E-state index >= 15 is 0 Å². The molecule has 0 aromatic carbocycles. The lowest BCUT2D eigenvalue weighted by atomic mass is 10.2. The highest BCUT2D eigenvalue weighted by molar-refractivity contribution is 7.89. The normalized spacial score (nSPS) is 16.7. The largest absolute Gasteiger partial charge is 0.369 e. The maximum atomic E-state index is 12.3. The van der Waals surface area contributed by atoms with E-state index in [2.05, 4.69) is 15.0 Å². The van der Waals surface area contributed by atoms with Crippen molar-refractivity contribution < 1.29 is 8.42 Å². The van der Waals surface area contributed by atoms with Gasteiger partial charge in [-0.1, -0.05) is 31.4 Å². The number of sulfonamides is 1. The van der Waals surface area contributed by atoms with Crippen LogP contribution in [0.15, 0.2) is 17.2 Å². The Morgan fingerprint density at radius 3 is 2.76 bits per heavy atom. The molecule has 2 rings (SSSR count). The third-order valence-corrected chi connectivity index (χ3v) is 5.25. The second-order valence-electron chi connectivity index (χ2n) is 5.63. The predicted octanol–water partition coefficient (Wildman–Crippen LogP) is 3.02. The SMILES string of the molecule is CCCNc1ncc(S(=O)(=O)NC(C)CC2CC2)cc1Cl. The van der Waals surface area contributed by atoms with Gasteiger partial charge in [-0.2, -0.15) is 0 Å². The fourth-order valence-electron chi connectivity index (χ4n) is 2.18. The number of nitrogens with one attached hydrogen (secondary N) is 2. The summed E-state index contributed by atoms with van der Waals surface area (Å²) in [5.74, 6) is 1.19. The van der Waals surface area contributed by atoms with E-state index in [1.54, 1.807) is 0 Å². The van der Waals surface area contributed by atoms with Crippen LogP contribution in [0.3, 0.4) is 0 Å². The predicted molar refractivity (Wildman–Crippen MR) is 85.2 cm³/mol. The zero-order valence-corrected chi connectivity index (χ0v) is 14.0. The summed E-state index contributed by atoms with van der Waals surface area (Å²) < 4.78 is 27.3. The molecule has 0 amide bonds. The van der Waals surface area contributed by atoms with Gasteiger partial charge in [-0.25, -0.2) is 18.1 Å². The van der Waals surface area contributed by atoms with Gasteiger partial charge in [-0.3, -0.25) is 0 Å².